The lowest BCUT2D eigenvalue weighted by atomic mass is 10.1. The molecule has 1 N–H and O–H groups in total. The minimum absolute atomic E-state index is 0.122. The molecule has 0 saturated carbocycles. The van der Waals surface area contributed by atoms with Crippen LogP contribution in [0.5, 0.6) is 11.5 Å². The molecule has 1 amide bonds. The van der Waals surface area contributed by atoms with Crippen LogP contribution in [0.1, 0.15) is 21.8 Å². The quantitative estimate of drug-likeness (QED) is 0.504. The van der Waals surface area contributed by atoms with E-state index in [0.717, 1.165) is 5.69 Å². The molecular weight excluding hydrogens is 382 g/mol. The Bertz CT molecular complexity index is 1120. The Morgan fingerprint density at radius 1 is 1.07 bits per heavy atom. The second-order valence-corrected chi connectivity index (χ2v) is 6.70. The van der Waals surface area contributed by atoms with Crippen molar-refractivity contribution in [1.82, 2.24) is 14.7 Å². The highest BCUT2D eigenvalue weighted by Crippen LogP contribution is 2.25. The predicted molar refractivity (Wildman–Crippen MR) is 111 cm³/mol. The highest BCUT2D eigenvalue weighted by atomic mass is 16.5. The Morgan fingerprint density at radius 2 is 1.83 bits per heavy atom. The number of phenolic OH excluding ortho intramolecular Hbond substituents is 1. The number of aromatic nitrogens is 2. The smallest absolute Gasteiger partial charge is 0.278 e. The van der Waals surface area contributed by atoms with Crippen molar-refractivity contribution in [2.75, 3.05) is 7.11 Å². The number of carbonyl (C=O) groups excluding carboxylic acids is 1. The van der Waals surface area contributed by atoms with Crippen LogP contribution in [0.15, 0.2) is 83.6 Å². The molecule has 152 valence electrons. The lowest BCUT2D eigenvalue weighted by molar-refractivity contribution is 0.0706. The summed E-state index contributed by atoms with van der Waals surface area (Å²) in [5, 5.41) is 14.7. The first-order chi connectivity index (χ1) is 14.7. The summed E-state index contributed by atoms with van der Waals surface area (Å²) in [7, 11) is 1.50. The molecule has 0 spiro atoms. The zero-order chi connectivity index (χ0) is 20.9. The number of nitrogens with zero attached hydrogens (tertiary/aromatic N) is 3. The molecule has 0 fully saturated rings. The van der Waals surface area contributed by atoms with Gasteiger partial charge < -0.3 is 19.2 Å². The molecule has 0 saturated heterocycles. The average molecular weight is 403 g/mol. The molecule has 0 unspecified atom stereocenters. The summed E-state index contributed by atoms with van der Waals surface area (Å²) < 4.78 is 12.5. The van der Waals surface area contributed by atoms with Crippen LogP contribution in [0, 0.1) is 0 Å². The van der Waals surface area contributed by atoms with Gasteiger partial charge in [-0.1, -0.05) is 36.4 Å². The maximum Gasteiger partial charge on any atom is 0.278 e. The molecule has 0 aliphatic heterocycles. The van der Waals surface area contributed by atoms with Gasteiger partial charge in [-0.2, -0.15) is 5.10 Å². The summed E-state index contributed by atoms with van der Waals surface area (Å²) in [5.74, 6) is 0.781. The number of rotatable bonds is 7. The third kappa shape index (κ3) is 4.05. The summed E-state index contributed by atoms with van der Waals surface area (Å²) in [6.45, 7) is 0.412. The number of amides is 1. The van der Waals surface area contributed by atoms with Crippen molar-refractivity contribution in [3.05, 3.63) is 96.2 Å². The number of phenols is 1. The number of carbonyl (C=O) groups is 1. The van der Waals surface area contributed by atoms with E-state index in [4.69, 9.17) is 9.15 Å². The zero-order valence-corrected chi connectivity index (χ0v) is 16.4. The van der Waals surface area contributed by atoms with Crippen LogP contribution in [0.2, 0.25) is 0 Å². The van der Waals surface area contributed by atoms with E-state index in [2.05, 4.69) is 5.10 Å². The van der Waals surface area contributed by atoms with Gasteiger partial charge >= 0.3 is 0 Å². The molecule has 2 aromatic carbocycles. The minimum Gasteiger partial charge on any atom is -0.508 e. The molecule has 30 heavy (non-hydrogen) atoms. The first kappa shape index (κ1) is 19.3. The molecule has 0 aliphatic carbocycles. The first-order valence-electron chi connectivity index (χ1n) is 9.43. The number of hydrogen-bond acceptors (Lipinski definition) is 5. The molecule has 4 rings (SSSR count). The summed E-state index contributed by atoms with van der Waals surface area (Å²) in [5.41, 5.74) is 1.62. The van der Waals surface area contributed by atoms with Crippen LogP contribution in [-0.4, -0.2) is 32.8 Å². The van der Waals surface area contributed by atoms with Gasteiger partial charge in [-0.25, -0.2) is 4.68 Å². The number of aromatic hydroxyl groups is 1. The van der Waals surface area contributed by atoms with Gasteiger partial charge in [-0.15, -0.1) is 0 Å². The van der Waals surface area contributed by atoms with Crippen molar-refractivity contribution in [2.24, 2.45) is 0 Å². The van der Waals surface area contributed by atoms with Crippen LogP contribution in [0.25, 0.3) is 5.69 Å². The number of para-hydroxylation sites is 2. The van der Waals surface area contributed by atoms with Crippen LogP contribution in [0.4, 0.5) is 0 Å². The van der Waals surface area contributed by atoms with Gasteiger partial charge in [0.05, 0.1) is 38.3 Å². The van der Waals surface area contributed by atoms with Gasteiger partial charge in [0, 0.05) is 5.56 Å². The third-order valence-corrected chi connectivity index (χ3v) is 4.69. The van der Waals surface area contributed by atoms with Gasteiger partial charge in [0.1, 0.15) is 11.5 Å². The average Bonchev–Trinajstić information content (AvgIpc) is 3.44. The fraction of sp³-hybridized carbons (Fsp3) is 0.130. The van der Waals surface area contributed by atoms with Gasteiger partial charge in [0.15, 0.2) is 11.4 Å². The van der Waals surface area contributed by atoms with Crippen LogP contribution >= 0.6 is 0 Å². The maximum atomic E-state index is 13.5. The van der Waals surface area contributed by atoms with Crippen molar-refractivity contribution in [2.45, 2.75) is 13.1 Å². The second kappa shape index (κ2) is 8.57. The van der Waals surface area contributed by atoms with E-state index >= 15 is 0 Å². The summed E-state index contributed by atoms with van der Waals surface area (Å²) >= 11 is 0. The number of benzene rings is 2. The Labute approximate surface area is 173 Å². The fourth-order valence-corrected chi connectivity index (χ4v) is 3.16. The largest absolute Gasteiger partial charge is 0.508 e. The molecule has 2 heterocycles. The van der Waals surface area contributed by atoms with Crippen molar-refractivity contribution in [3.8, 4) is 17.2 Å². The van der Waals surface area contributed by atoms with Crippen LogP contribution in [-0.2, 0) is 13.1 Å². The number of ether oxygens (including phenoxy) is 1. The molecule has 7 heteroatoms. The lowest BCUT2D eigenvalue weighted by Crippen LogP contribution is -2.30. The van der Waals surface area contributed by atoms with Crippen LogP contribution < -0.4 is 4.74 Å². The first-order valence-corrected chi connectivity index (χ1v) is 9.43. The van der Waals surface area contributed by atoms with Crippen molar-refractivity contribution >= 4 is 5.91 Å². The van der Waals surface area contributed by atoms with Crippen LogP contribution in [0.3, 0.4) is 0 Å². The number of methoxy groups -OCH3 is 1. The Morgan fingerprint density at radius 3 is 2.53 bits per heavy atom. The summed E-state index contributed by atoms with van der Waals surface area (Å²) in [6.07, 6.45) is 3.23. The SMILES string of the molecule is COc1cn(-c2ccccc2)nc1C(=O)N(Cc1ccco1)Cc1ccccc1O. The standard InChI is InChI=1S/C23H21N3O4/c1-29-21-16-26(18-9-3-2-4-10-18)24-22(21)23(28)25(15-19-11-7-13-30-19)14-17-8-5-6-12-20(17)27/h2-13,16,27H,14-15H2,1H3. The van der Waals surface area contributed by atoms with Gasteiger partial charge in [0.25, 0.3) is 5.91 Å². The van der Waals surface area contributed by atoms with E-state index in [0.29, 0.717) is 17.1 Å². The predicted octanol–water partition coefficient (Wildman–Crippen LogP) is 4.02. The van der Waals surface area contributed by atoms with Gasteiger partial charge in [-0.3, -0.25) is 4.79 Å². The van der Waals surface area contributed by atoms with E-state index in [9.17, 15) is 9.90 Å². The van der Waals surface area contributed by atoms with Crippen molar-refractivity contribution in [3.63, 3.8) is 0 Å². The normalized spacial score (nSPS) is 10.7. The highest BCUT2D eigenvalue weighted by Gasteiger charge is 2.25. The van der Waals surface area contributed by atoms with Gasteiger partial charge in [-0.05, 0) is 30.3 Å². The zero-order valence-electron chi connectivity index (χ0n) is 16.4. The molecule has 7 nitrogen and oxygen atoms in total. The molecule has 0 aliphatic rings. The van der Waals surface area contributed by atoms with E-state index in [-0.39, 0.29) is 30.4 Å². The summed E-state index contributed by atoms with van der Waals surface area (Å²) in [6, 6.07) is 20.0. The molecular formula is C23H21N3O4. The molecule has 4 aromatic rings. The second-order valence-electron chi connectivity index (χ2n) is 6.70. The van der Waals surface area contributed by atoms with Crippen molar-refractivity contribution in [1.29, 1.82) is 0 Å². The third-order valence-electron chi connectivity index (χ3n) is 4.69. The summed E-state index contributed by atoms with van der Waals surface area (Å²) in [4.78, 5) is 15.0. The fourth-order valence-electron chi connectivity index (χ4n) is 3.16. The van der Waals surface area contributed by atoms with E-state index in [1.807, 2.05) is 36.4 Å². The van der Waals surface area contributed by atoms with E-state index < -0.39 is 0 Å². The minimum atomic E-state index is -0.332. The topological polar surface area (TPSA) is 80.7 Å². The lowest BCUT2D eigenvalue weighted by Gasteiger charge is -2.21. The van der Waals surface area contributed by atoms with Gasteiger partial charge in [0.2, 0.25) is 0 Å². The van der Waals surface area contributed by atoms with Crippen molar-refractivity contribution < 1.29 is 19.1 Å². The Kier molecular flexibility index (Phi) is 5.52. The molecule has 2 aromatic heterocycles. The van der Waals surface area contributed by atoms with E-state index in [1.54, 1.807) is 52.4 Å². The Balaban J connectivity index is 1.69. The number of hydrogen-bond donors (Lipinski definition) is 1. The maximum absolute atomic E-state index is 13.5. The molecule has 0 bridgehead atoms. The van der Waals surface area contributed by atoms with E-state index in [1.165, 1.54) is 7.11 Å². The highest BCUT2D eigenvalue weighted by molar-refractivity contribution is 5.95. The Hall–Kier alpha value is -4.00. The molecule has 0 atom stereocenters. The number of furan rings is 1. The molecule has 0 radical (unpaired) electrons. The monoisotopic (exact) mass is 403 g/mol.